The molecule has 0 spiro atoms. The molecule has 1 aliphatic rings. The number of fused-ring (bicyclic) bond motifs is 1. The lowest BCUT2D eigenvalue weighted by molar-refractivity contribution is -0.120. The second kappa shape index (κ2) is 6.78. The number of carbonyl (C=O) groups excluding carboxylic acids is 1. The van der Waals surface area contributed by atoms with Crippen LogP contribution in [0.1, 0.15) is 12.8 Å². The summed E-state index contributed by atoms with van der Waals surface area (Å²) < 4.78 is 24.4. The fourth-order valence-electron chi connectivity index (χ4n) is 2.99. The maximum Gasteiger partial charge on any atom is 0.255 e. The topological polar surface area (TPSA) is 99.3 Å². The van der Waals surface area contributed by atoms with Crippen molar-refractivity contribution < 1.29 is 13.2 Å². The average Bonchev–Trinajstić information content (AvgIpc) is 2.56. The molecule has 0 atom stereocenters. The molecular formula is C16H18ClN3O4S. The smallest absolute Gasteiger partial charge is 0.255 e. The maximum atomic E-state index is 12.5. The third kappa shape index (κ3) is 3.86. The number of benzene rings is 1. The van der Waals surface area contributed by atoms with Gasteiger partial charge in [0.25, 0.3) is 5.56 Å². The van der Waals surface area contributed by atoms with E-state index in [2.05, 4.69) is 10.3 Å². The molecule has 2 heterocycles. The SMILES string of the molecule is CS(=O)(=O)N1CCC(C(=O)Nc2cc3cc[nH]c(=O)c3cc2Cl)CC1. The predicted molar refractivity (Wildman–Crippen MR) is 97.3 cm³/mol. The van der Waals surface area contributed by atoms with Gasteiger partial charge in [-0.25, -0.2) is 12.7 Å². The van der Waals surface area contributed by atoms with Crippen molar-refractivity contribution in [3.05, 3.63) is 39.8 Å². The van der Waals surface area contributed by atoms with Crippen LogP contribution in [-0.2, 0) is 14.8 Å². The highest BCUT2D eigenvalue weighted by molar-refractivity contribution is 7.88. The third-order valence-corrected chi connectivity index (χ3v) is 6.03. The molecule has 25 heavy (non-hydrogen) atoms. The Hall–Kier alpha value is -1.90. The van der Waals surface area contributed by atoms with E-state index in [0.29, 0.717) is 42.4 Å². The van der Waals surface area contributed by atoms with Crippen molar-refractivity contribution in [2.24, 2.45) is 5.92 Å². The van der Waals surface area contributed by atoms with Gasteiger partial charge in [-0.1, -0.05) is 11.6 Å². The highest BCUT2D eigenvalue weighted by atomic mass is 35.5. The minimum absolute atomic E-state index is 0.195. The zero-order chi connectivity index (χ0) is 18.2. The number of hydrogen-bond acceptors (Lipinski definition) is 4. The summed E-state index contributed by atoms with van der Waals surface area (Å²) in [5, 5.41) is 4.20. The molecule has 1 amide bonds. The molecule has 1 aliphatic heterocycles. The molecule has 1 saturated heterocycles. The van der Waals surface area contributed by atoms with Crippen LogP contribution in [-0.4, -0.2) is 43.0 Å². The number of carbonyl (C=O) groups is 1. The first-order chi connectivity index (χ1) is 11.8. The minimum atomic E-state index is -3.22. The zero-order valence-corrected chi connectivity index (χ0v) is 15.2. The van der Waals surface area contributed by atoms with Crippen LogP contribution in [0.15, 0.2) is 29.2 Å². The van der Waals surface area contributed by atoms with Gasteiger partial charge in [0.15, 0.2) is 0 Å². The Morgan fingerprint density at radius 2 is 2.00 bits per heavy atom. The molecule has 1 fully saturated rings. The molecule has 1 aromatic carbocycles. The van der Waals surface area contributed by atoms with Crippen LogP contribution < -0.4 is 10.9 Å². The van der Waals surface area contributed by atoms with Crippen LogP contribution in [0.4, 0.5) is 5.69 Å². The molecule has 2 N–H and O–H groups in total. The van der Waals surface area contributed by atoms with Gasteiger partial charge in [0.05, 0.1) is 17.0 Å². The standard InChI is InChI=1S/C16H18ClN3O4S/c1-25(23,24)20-6-3-10(4-7-20)15(21)19-14-8-11-2-5-18-16(22)12(11)9-13(14)17/h2,5,8-10H,3-4,6-7H2,1H3,(H,18,22)(H,19,21). The van der Waals surface area contributed by atoms with E-state index in [4.69, 9.17) is 11.6 Å². The molecule has 2 aromatic rings. The number of nitrogens with zero attached hydrogens (tertiary/aromatic N) is 1. The minimum Gasteiger partial charge on any atom is -0.329 e. The van der Waals surface area contributed by atoms with E-state index in [1.807, 2.05) is 0 Å². The fourth-order valence-corrected chi connectivity index (χ4v) is 4.07. The van der Waals surface area contributed by atoms with Gasteiger partial charge >= 0.3 is 0 Å². The van der Waals surface area contributed by atoms with Crippen molar-refractivity contribution in [1.29, 1.82) is 0 Å². The number of nitrogens with one attached hydrogen (secondary N) is 2. The summed E-state index contributed by atoms with van der Waals surface area (Å²) in [6, 6.07) is 4.92. The van der Waals surface area contributed by atoms with Gasteiger partial charge in [0, 0.05) is 30.6 Å². The van der Waals surface area contributed by atoms with E-state index in [1.54, 1.807) is 12.1 Å². The van der Waals surface area contributed by atoms with Gasteiger partial charge in [0.1, 0.15) is 0 Å². The highest BCUT2D eigenvalue weighted by Crippen LogP contribution is 2.28. The molecule has 0 bridgehead atoms. The number of piperidine rings is 1. The van der Waals surface area contributed by atoms with Crippen LogP contribution in [0.25, 0.3) is 10.8 Å². The third-order valence-electron chi connectivity index (χ3n) is 4.41. The Morgan fingerprint density at radius 1 is 1.32 bits per heavy atom. The molecule has 3 rings (SSSR count). The lowest BCUT2D eigenvalue weighted by atomic mass is 9.97. The first-order valence-corrected chi connectivity index (χ1v) is 10.1. The fraction of sp³-hybridized carbons (Fsp3) is 0.375. The number of aromatic amines is 1. The molecule has 134 valence electrons. The summed E-state index contributed by atoms with van der Waals surface area (Å²) in [7, 11) is -3.22. The van der Waals surface area contributed by atoms with E-state index >= 15 is 0 Å². The van der Waals surface area contributed by atoms with Crippen LogP contribution in [0, 0.1) is 5.92 Å². The number of halogens is 1. The highest BCUT2D eigenvalue weighted by Gasteiger charge is 2.29. The van der Waals surface area contributed by atoms with Crippen molar-refractivity contribution in [1.82, 2.24) is 9.29 Å². The summed E-state index contributed by atoms with van der Waals surface area (Å²) in [4.78, 5) is 26.8. The van der Waals surface area contributed by atoms with Crippen molar-refractivity contribution in [2.45, 2.75) is 12.8 Å². The Morgan fingerprint density at radius 3 is 2.64 bits per heavy atom. The molecule has 0 saturated carbocycles. The van der Waals surface area contributed by atoms with Gasteiger partial charge < -0.3 is 10.3 Å². The normalized spacial score (nSPS) is 16.9. The zero-order valence-electron chi connectivity index (χ0n) is 13.6. The lowest BCUT2D eigenvalue weighted by Crippen LogP contribution is -2.40. The summed E-state index contributed by atoms with van der Waals surface area (Å²) in [6.07, 6.45) is 3.63. The maximum absolute atomic E-state index is 12.5. The van der Waals surface area contributed by atoms with E-state index in [0.717, 1.165) is 0 Å². The number of aromatic nitrogens is 1. The van der Waals surface area contributed by atoms with Gasteiger partial charge in [-0.15, -0.1) is 0 Å². The molecular weight excluding hydrogens is 366 g/mol. The second-order valence-corrected chi connectivity index (χ2v) is 8.54. The van der Waals surface area contributed by atoms with Crippen molar-refractivity contribution in [2.75, 3.05) is 24.7 Å². The number of amides is 1. The molecule has 1 aromatic heterocycles. The lowest BCUT2D eigenvalue weighted by Gasteiger charge is -2.29. The largest absolute Gasteiger partial charge is 0.329 e. The van der Waals surface area contributed by atoms with Gasteiger partial charge in [-0.2, -0.15) is 0 Å². The van der Waals surface area contributed by atoms with Crippen molar-refractivity contribution in [3.8, 4) is 0 Å². The second-order valence-electron chi connectivity index (χ2n) is 6.15. The van der Waals surface area contributed by atoms with Crippen molar-refractivity contribution >= 4 is 44.0 Å². The first-order valence-electron chi connectivity index (χ1n) is 7.82. The first kappa shape index (κ1) is 17.9. The van der Waals surface area contributed by atoms with Crippen LogP contribution in [0.3, 0.4) is 0 Å². The van der Waals surface area contributed by atoms with E-state index in [1.165, 1.54) is 22.8 Å². The number of rotatable bonds is 3. The Balaban J connectivity index is 1.75. The molecule has 0 unspecified atom stereocenters. The van der Waals surface area contributed by atoms with E-state index < -0.39 is 10.0 Å². The monoisotopic (exact) mass is 383 g/mol. The Bertz CT molecular complexity index is 979. The summed E-state index contributed by atoms with van der Waals surface area (Å²) >= 11 is 6.19. The van der Waals surface area contributed by atoms with Crippen molar-refractivity contribution in [3.63, 3.8) is 0 Å². The van der Waals surface area contributed by atoms with Crippen LogP contribution in [0.2, 0.25) is 5.02 Å². The number of anilines is 1. The molecule has 0 radical (unpaired) electrons. The molecule has 7 nitrogen and oxygen atoms in total. The van der Waals surface area contributed by atoms with Gasteiger partial charge in [-0.05, 0) is 36.4 Å². The number of sulfonamides is 1. The molecule has 9 heteroatoms. The Labute approximate surface area is 150 Å². The predicted octanol–water partition coefficient (Wildman–Crippen LogP) is 1.79. The van der Waals surface area contributed by atoms with Gasteiger partial charge in [0.2, 0.25) is 15.9 Å². The van der Waals surface area contributed by atoms with Crippen LogP contribution in [0.5, 0.6) is 0 Å². The number of hydrogen-bond donors (Lipinski definition) is 2. The van der Waals surface area contributed by atoms with E-state index in [9.17, 15) is 18.0 Å². The summed E-state index contributed by atoms with van der Waals surface area (Å²) in [6.45, 7) is 0.662. The van der Waals surface area contributed by atoms with Gasteiger partial charge in [-0.3, -0.25) is 9.59 Å². The van der Waals surface area contributed by atoms with E-state index in [-0.39, 0.29) is 22.4 Å². The quantitative estimate of drug-likeness (QED) is 0.843. The van der Waals surface area contributed by atoms with Crippen LogP contribution >= 0.6 is 11.6 Å². The summed E-state index contributed by atoms with van der Waals surface area (Å²) in [5.74, 6) is -0.469. The molecule has 0 aliphatic carbocycles. The summed E-state index contributed by atoms with van der Waals surface area (Å²) in [5.41, 5.74) is 0.195. The Kier molecular flexibility index (Phi) is 4.86. The number of H-pyrrole nitrogens is 1. The average molecular weight is 384 g/mol. The number of pyridine rings is 1.